The van der Waals surface area contributed by atoms with Gasteiger partial charge >= 0.3 is 0 Å². The third-order valence-electron chi connectivity index (χ3n) is 4.34. The van der Waals surface area contributed by atoms with E-state index in [0.717, 1.165) is 62.0 Å². The van der Waals surface area contributed by atoms with Crippen molar-refractivity contribution in [2.75, 3.05) is 18.0 Å². The van der Waals surface area contributed by atoms with Crippen molar-refractivity contribution in [2.45, 2.75) is 45.4 Å². The number of aryl methyl sites for hydroxylation is 1. The molecule has 0 bridgehead atoms. The number of nitrogens with zero attached hydrogens (tertiary/aromatic N) is 1. The summed E-state index contributed by atoms with van der Waals surface area (Å²) < 4.78 is 0. The Balaban J connectivity index is 1.78. The van der Waals surface area contributed by atoms with E-state index < -0.39 is 0 Å². The molecule has 0 fully saturated rings. The molecule has 1 aromatic rings. The van der Waals surface area contributed by atoms with E-state index in [0.29, 0.717) is 12.0 Å². The maximum Gasteiger partial charge on any atom is 0.251 e. The van der Waals surface area contributed by atoms with Crippen molar-refractivity contribution in [2.24, 2.45) is 0 Å². The van der Waals surface area contributed by atoms with Crippen molar-refractivity contribution >= 4 is 17.5 Å². The third kappa shape index (κ3) is 2.67. The molecule has 4 nitrogen and oxygen atoms in total. The van der Waals surface area contributed by atoms with Gasteiger partial charge in [-0.05, 0) is 42.5 Å². The number of carbonyl (C=O) groups is 2. The molecule has 2 aliphatic rings. The molecule has 4 heteroatoms. The molecule has 2 heterocycles. The van der Waals surface area contributed by atoms with Gasteiger partial charge in [-0.2, -0.15) is 0 Å². The van der Waals surface area contributed by atoms with Crippen LogP contribution in [0.15, 0.2) is 12.1 Å². The van der Waals surface area contributed by atoms with Gasteiger partial charge in [0.2, 0.25) is 5.91 Å². The molecule has 0 saturated carbocycles. The average molecular weight is 286 g/mol. The molecule has 0 radical (unpaired) electrons. The molecule has 1 N–H and O–H groups in total. The van der Waals surface area contributed by atoms with Crippen LogP contribution in [0.5, 0.6) is 0 Å². The van der Waals surface area contributed by atoms with E-state index in [1.807, 2.05) is 17.0 Å². The Hall–Kier alpha value is -1.84. The number of unbranched alkanes of at least 4 members (excludes halogenated alkanes) is 2. The van der Waals surface area contributed by atoms with E-state index in [-0.39, 0.29) is 11.8 Å². The Labute approximate surface area is 125 Å². The second-order valence-electron chi connectivity index (χ2n) is 5.93. The van der Waals surface area contributed by atoms with Crippen LogP contribution in [0, 0.1) is 0 Å². The molecular formula is C17H22N2O2. The Kier molecular flexibility index (Phi) is 3.95. The normalized spacial score (nSPS) is 16.0. The number of carbonyl (C=O) groups excluding carboxylic acids is 2. The van der Waals surface area contributed by atoms with Gasteiger partial charge in [0.1, 0.15) is 0 Å². The highest BCUT2D eigenvalue weighted by Gasteiger charge is 2.32. The largest absolute Gasteiger partial charge is 0.352 e. The molecular weight excluding hydrogens is 264 g/mol. The van der Waals surface area contributed by atoms with Crippen molar-refractivity contribution in [1.29, 1.82) is 0 Å². The van der Waals surface area contributed by atoms with E-state index in [2.05, 4.69) is 12.2 Å². The van der Waals surface area contributed by atoms with Crippen LogP contribution in [0.25, 0.3) is 0 Å². The van der Waals surface area contributed by atoms with E-state index in [9.17, 15) is 9.59 Å². The van der Waals surface area contributed by atoms with Crippen LogP contribution in [0.2, 0.25) is 0 Å². The second kappa shape index (κ2) is 5.88. The molecule has 2 aliphatic heterocycles. The summed E-state index contributed by atoms with van der Waals surface area (Å²) >= 11 is 0. The van der Waals surface area contributed by atoms with Crippen LogP contribution in [0.4, 0.5) is 5.69 Å². The molecule has 0 saturated heterocycles. The molecule has 0 aromatic heterocycles. The van der Waals surface area contributed by atoms with Gasteiger partial charge in [0.05, 0.1) is 12.1 Å². The number of rotatable bonds is 5. The fraction of sp³-hybridized carbons (Fsp3) is 0.529. The van der Waals surface area contributed by atoms with Crippen LogP contribution in [-0.4, -0.2) is 24.9 Å². The van der Waals surface area contributed by atoms with E-state index in [1.54, 1.807) is 0 Å². The summed E-state index contributed by atoms with van der Waals surface area (Å²) in [5, 5.41) is 2.98. The Morgan fingerprint density at radius 3 is 2.90 bits per heavy atom. The highest BCUT2D eigenvalue weighted by molar-refractivity contribution is 6.04. The number of hydrogen-bond donors (Lipinski definition) is 1. The van der Waals surface area contributed by atoms with E-state index in [1.165, 1.54) is 0 Å². The lowest BCUT2D eigenvalue weighted by Crippen LogP contribution is -2.31. The standard InChI is InChI=1S/C17H22N2O2/c1-2-3-4-7-18-17(21)14-9-12-6-5-8-19-15(20)11-13(10-14)16(12)19/h9-10H,2-8,11H2,1H3,(H,18,21). The number of hydrogen-bond acceptors (Lipinski definition) is 2. The highest BCUT2D eigenvalue weighted by Crippen LogP contribution is 2.37. The molecule has 21 heavy (non-hydrogen) atoms. The lowest BCUT2D eigenvalue weighted by Gasteiger charge is -2.25. The third-order valence-corrected chi connectivity index (χ3v) is 4.34. The molecule has 0 unspecified atom stereocenters. The summed E-state index contributed by atoms with van der Waals surface area (Å²) in [5.41, 5.74) is 3.96. The minimum Gasteiger partial charge on any atom is -0.352 e. The van der Waals surface area contributed by atoms with Crippen LogP contribution in [0.1, 0.15) is 54.1 Å². The van der Waals surface area contributed by atoms with Crippen molar-refractivity contribution in [1.82, 2.24) is 5.32 Å². The fourth-order valence-electron chi connectivity index (χ4n) is 3.29. The minimum atomic E-state index is -0.0124. The summed E-state index contributed by atoms with van der Waals surface area (Å²) in [6.45, 7) is 3.70. The van der Waals surface area contributed by atoms with E-state index in [4.69, 9.17) is 0 Å². The Bertz CT molecular complexity index is 580. The van der Waals surface area contributed by atoms with Crippen LogP contribution in [0.3, 0.4) is 0 Å². The number of nitrogens with one attached hydrogen (secondary N) is 1. The first-order chi connectivity index (χ1) is 10.2. The first-order valence-corrected chi connectivity index (χ1v) is 7.95. The molecule has 1 aromatic carbocycles. The summed E-state index contributed by atoms with van der Waals surface area (Å²) in [4.78, 5) is 26.1. The molecule has 3 rings (SSSR count). The zero-order valence-corrected chi connectivity index (χ0v) is 12.6. The second-order valence-corrected chi connectivity index (χ2v) is 5.93. The van der Waals surface area contributed by atoms with Crippen LogP contribution in [-0.2, 0) is 17.6 Å². The van der Waals surface area contributed by atoms with Gasteiger partial charge in [0, 0.05) is 18.7 Å². The fourth-order valence-corrected chi connectivity index (χ4v) is 3.29. The van der Waals surface area contributed by atoms with Gasteiger partial charge in [-0.15, -0.1) is 0 Å². The van der Waals surface area contributed by atoms with Crippen molar-refractivity contribution in [3.63, 3.8) is 0 Å². The maximum atomic E-state index is 12.2. The van der Waals surface area contributed by atoms with Crippen molar-refractivity contribution < 1.29 is 9.59 Å². The van der Waals surface area contributed by atoms with Gasteiger partial charge < -0.3 is 10.2 Å². The number of benzene rings is 1. The summed E-state index contributed by atoms with van der Waals surface area (Å²) in [6.07, 6.45) is 5.70. The van der Waals surface area contributed by atoms with Gasteiger partial charge in [-0.25, -0.2) is 0 Å². The smallest absolute Gasteiger partial charge is 0.251 e. The van der Waals surface area contributed by atoms with Crippen LogP contribution >= 0.6 is 0 Å². The minimum absolute atomic E-state index is 0.0124. The first-order valence-electron chi connectivity index (χ1n) is 7.95. The van der Waals surface area contributed by atoms with Gasteiger partial charge in [0.15, 0.2) is 0 Å². The lowest BCUT2D eigenvalue weighted by atomic mass is 9.96. The monoisotopic (exact) mass is 286 g/mol. The molecule has 112 valence electrons. The zero-order valence-electron chi connectivity index (χ0n) is 12.6. The topological polar surface area (TPSA) is 49.4 Å². The predicted molar refractivity (Wildman–Crippen MR) is 82.7 cm³/mol. The molecule has 0 atom stereocenters. The maximum absolute atomic E-state index is 12.2. The molecule has 0 aliphatic carbocycles. The van der Waals surface area contributed by atoms with Gasteiger partial charge in [-0.1, -0.05) is 19.8 Å². The highest BCUT2D eigenvalue weighted by atomic mass is 16.2. The molecule has 2 amide bonds. The summed E-state index contributed by atoms with van der Waals surface area (Å²) in [7, 11) is 0. The van der Waals surface area contributed by atoms with E-state index >= 15 is 0 Å². The molecule has 0 spiro atoms. The Morgan fingerprint density at radius 2 is 2.10 bits per heavy atom. The summed E-state index contributed by atoms with van der Waals surface area (Å²) in [6, 6.07) is 3.87. The SMILES string of the molecule is CCCCCNC(=O)c1cc2c3c(c1)CC(=O)N3CCC2. The number of anilines is 1. The average Bonchev–Trinajstić information content (AvgIpc) is 2.81. The Morgan fingerprint density at radius 1 is 1.29 bits per heavy atom. The van der Waals surface area contributed by atoms with Gasteiger partial charge in [-0.3, -0.25) is 9.59 Å². The van der Waals surface area contributed by atoms with Gasteiger partial charge in [0.25, 0.3) is 5.91 Å². The van der Waals surface area contributed by atoms with Crippen LogP contribution < -0.4 is 10.2 Å². The quantitative estimate of drug-likeness (QED) is 0.845. The zero-order chi connectivity index (χ0) is 14.8. The van der Waals surface area contributed by atoms with Crippen molar-refractivity contribution in [3.05, 3.63) is 28.8 Å². The lowest BCUT2D eigenvalue weighted by molar-refractivity contribution is -0.117. The first kappa shape index (κ1) is 14.1. The van der Waals surface area contributed by atoms with Crippen molar-refractivity contribution in [3.8, 4) is 0 Å². The summed E-state index contributed by atoms with van der Waals surface area (Å²) in [5.74, 6) is 0.160. The number of amides is 2. The predicted octanol–water partition coefficient (Wildman–Crippen LogP) is 2.44.